The van der Waals surface area contributed by atoms with Gasteiger partial charge in [0.2, 0.25) is 5.91 Å². The molecule has 6 nitrogen and oxygen atoms in total. The molecule has 8 heteroatoms. The number of amides is 1. The Morgan fingerprint density at radius 1 is 1.24 bits per heavy atom. The van der Waals surface area contributed by atoms with Crippen molar-refractivity contribution < 1.29 is 9.18 Å². The first-order valence-electron chi connectivity index (χ1n) is 7.69. The highest BCUT2D eigenvalue weighted by Crippen LogP contribution is 2.16. The molecule has 0 unspecified atom stereocenters. The first kappa shape index (κ1) is 17.1. The molecule has 2 heterocycles. The van der Waals surface area contributed by atoms with Crippen molar-refractivity contribution in [1.82, 2.24) is 9.13 Å². The van der Waals surface area contributed by atoms with E-state index in [0.29, 0.717) is 21.5 Å². The number of halogens is 1. The standard InChI is InChI=1S/C17H16FN3O3S/c1-3-20-16(23)15-13(6-7-25-15)21(17(20)24)9-14(22)19-11-5-4-10(2)12(18)8-11/h4-8H,3,9H2,1-2H3,(H,19,22). The smallest absolute Gasteiger partial charge is 0.324 e. The molecule has 2 aromatic heterocycles. The Kier molecular flexibility index (Phi) is 4.54. The van der Waals surface area contributed by atoms with Gasteiger partial charge in [-0.3, -0.25) is 18.7 Å². The molecule has 0 aliphatic carbocycles. The predicted octanol–water partition coefficient (Wildman–Crippen LogP) is 2.33. The molecule has 0 fully saturated rings. The molecule has 0 atom stereocenters. The second-order valence-electron chi connectivity index (χ2n) is 5.57. The Morgan fingerprint density at radius 3 is 2.68 bits per heavy atom. The van der Waals surface area contributed by atoms with Crippen LogP contribution in [0.15, 0.2) is 39.2 Å². The Bertz CT molecular complexity index is 1080. The summed E-state index contributed by atoms with van der Waals surface area (Å²) < 4.78 is 16.4. The summed E-state index contributed by atoms with van der Waals surface area (Å²) in [6.45, 7) is 3.28. The van der Waals surface area contributed by atoms with Crippen molar-refractivity contribution in [2.24, 2.45) is 0 Å². The highest BCUT2D eigenvalue weighted by Gasteiger charge is 2.15. The molecule has 130 valence electrons. The van der Waals surface area contributed by atoms with E-state index in [9.17, 15) is 18.8 Å². The third kappa shape index (κ3) is 3.12. The quantitative estimate of drug-likeness (QED) is 0.775. The molecule has 0 aliphatic heterocycles. The first-order chi connectivity index (χ1) is 11.9. The molecule has 0 saturated heterocycles. The molecule has 1 amide bonds. The van der Waals surface area contributed by atoms with Gasteiger partial charge < -0.3 is 5.32 Å². The molecule has 0 bridgehead atoms. The summed E-state index contributed by atoms with van der Waals surface area (Å²) in [6.07, 6.45) is 0. The maximum absolute atomic E-state index is 13.6. The number of aromatic nitrogens is 2. The van der Waals surface area contributed by atoms with Crippen LogP contribution < -0.4 is 16.6 Å². The van der Waals surface area contributed by atoms with Crippen LogP contribution in [0.4, 0.5) is 10.1 Å². The summed E-state index contributed by atoms with van der Waals surface area (Å²) in [5, 5.41) is 4.28. The Hall–Kier alpha value is -2.74. The van der Waals surface area contributed by atoms with Crippen LogP contribution in [-0.4, -0.2) is 15.0 Å². The minimum atomic E-state index is -0.538. The summed E-state index contributed by atoms with van der Waals surface area (Å²) in [5.74, 6) is -0.895. The molecule has 3 rings (SSSR count). The number of carbonyl (C=O) groups excluding carboxylic acids is 1. The fourth-order valence-corrected chi connectivity index (χ4v) is 3.42. The summed E-state index contributed by atoms with van der Waals surface area (Å²) in [5.41, 5.74) is 0.323. The molecular formula is C17H16FN3O3S. The van der Waals surface area contributed by atoms with E-state index in [0.717, 1.165) is 4.57 Å². The summed E-state index contributed by atoms with van der Waals surface area (Å²) in [6, 6.07) is 6.02. The number of hydrogen-bond donors (Lipinski definition) is 1. The number of anilines is 1. The van der Waals surface area contributed by atoms with E-state index in [2.05, 4.69) is 5.32 Å². The molecule has 25 heavy (non-hydrogen) atoms. The van der Waals surface area contributed by atoms with Crippen molar-refractivity contribution in [3.05, 3.63) is 61.9 Å². The van der Waals surface area contributed by atoms with Crippen LogP contribution in [0.25, 0.3) is 10.2 Å². The lowest BCUT2D eigenvalue weighted by molar-refractivity contribution is -0.116. The molecule has 3 aromatic rings. The van der Waals surface area contributed by atoms with Gasteiger partial charge in [0, 0.05) is 12.2 Å². The zero-order valence-electron chi connectivity index (χ0n) is 13.7. The van der Waals surface area contributed by atoms with Crippen LogP contribution in [0.2, 0.25) is 0 Å². The van der Waals surface area contributed by atoms with Gasteiger partial charge in [0.15, 0.2) is 0 Å². The third-order valence-electron chi connectivity index (χ3n) is 3.91. The van der Waals surface area contributed by atoms with Crippen LogP contribution in [0, 0.1) is 12.7 Å². The van der Waals surface area contributed by atoms with Crippen molar-refractivity contribution in [2.75, 3.05) is 5.32 Å². The summed E-state index contributed by atoms with van der Waals surface area (Å²) >= 11 is 1.23. The molecule has 0 aliphatic rings. The zero-order valence-corrected chi connectivity index (χ0v) is 14.5. The SMILES string of the molecule is CCn1c(=O)c2sccc2n(CC(=O)Nc2ccc(C)c(F)c2)c1=O. The van der Waals surface area contributed by atoms with Crippen LogP contribution in [0.1, 0.15) is 12.5 Å². The average molecular weight is 361 g/mol. The molecule has 0 saturated carbocycles. The van der Waals surface area contributed by atoms with Gasteiger partial charge in [0.05, 0.1) is 5.52 Å². The number of rotatable bonds is 4. The minimum absolute atomic E-state index is 0.219. The van der Waals surface area contributed by atoms with Gasteiger partial charge in [-0.05, 0) is 43.0 Å². The monoisotopic (exact) mass is 361 g/mol. The largest absolute Gasteiger partial charge is 0.331 e. The third-order valence-corrected chi connectivity index (χ3v) is 4.80. The number of carbonyl (C=O) groups is 1. The molecule has 0 spiro atoms. The number of aryl methyl sites for hydroxylation is 1. The number of fused-ring (bicyclic) bond motifs is 1. The number of nitrogens with zero attached hydrogens (tertiary/aromatic N) is 2. The maximum atomic E-state index is 13.6. The van der Waals surface area contributed by atoms with E-state index in [1.807, 2.05) is 0 Å². The van der Waals surface area contributed by atoms with Crippen LogP contribution in [0.3, 0.4) is 0 Å². The van der Waals surface area contributed by atoms with Gasteiger partial charge in [-0.1, -0.05) is 6.07 Å². The van der Waals surface area contributed by atoms with E-state index in [1.54, 1.807) is 37.4 Å². The lowest BCUT2D eigenvalue weighted by atomic mass is 10.2. The van der Waals surface area contributed by atoms with E-state index < -0.39 is 17.4 Å². The zero-order chi connectivity index (χ0) is 18.1. The minimum Gasteiger partial charge on any atom is -0.324 e. The van der Waals surface area contributed by atoms with Crippen molar-refractivity contribution in [3.8, 4) is 0 Å². The van der Waals surface area contributed by atoms with Crippen LogP contribution in [-0.2, 0) is 17.9 Å². The van der Waals surface area contributed by atoms with Crippen molar-refractivity contribution >= 4 is 33.1 Å². The highest BCUT2D eigenvalue weighted by molar-refractivity contribution is 7.17. The maximum Gasteiger partial charge on any atom is 0.331 e. The van der Waals surface area contributed by atoms with Crippen LogP contribution in [0.5, 0.6) is 0 Å². The predicted molar refractivity (Wildman–Crippen MR) is 95.8 cm³/mol. The fraction of sp³-hybridized carbons (Fsp3) is 0.235. The highest BCUT2D eigenvalue weighted by atomic mass is 32.1. The second-order valence-corrected chi connectivity index (χ2v) is 6.48. The van der Waals surface area contributed by atoms with Gasteiger partial charge in [-0.25, -0.2) is 9.18 Å². The van der Waals surface area contributed by atoms with Crippen molar-refractivity contribution in [3.63, 3.8) is 0 Å². The van der Waals surface area contributed by atoms with Gasteiger partial charge in [-0.2, -0.15) is 0 Å². The van der Waals surface area contributed by atoms with Gasteiger partial charge in [-0.15, -0.1) is 11.3 Å². The second kappa shape index (κ2) is 6.64. The normalized spacial score (nSPS) is 11.0. The number of thiophene rings is 1. The number of benzene rings is 1. The Balaban J connectivity index is 1.96. The lowest BCUT2D eigenvalue weighted by Crippen LogP contribution is -2.40. The van der Waals surface area contributed by atoms with E-state index in [4.69, 9.17) is 0 Å². The molecule has 1 aromatic carbocycles. The van der Waals surface area contributed by atoms with Gasteiger partial charge in [0.25, 0.3) is 5.56 Å². The van der Waals surface area contributed by atoms with Crippen LogP contribution >= 0.6 is 11.3 Å². The average Bonchev–Trinajstić information content (AvgIpc) is 3.05. The first-order valence-corrected chi connectivity index (χ1v) is 8.57. The van der Waals surface area contributed by atoms with Crippen molar-refractivity contribution in [1.29, 1.82) is 0 Å². The summed E-state index contributed by atoms with van der Waals surface area (Å²) in [4.78, 5) is 37.1. The van der Waals surface area contributed by atoms with E-state index >= 15 is 0 Å². The topological polar surface area (TPSA) is 73.1 Å². The van der Waals surface area contributed by atoms with E-state index in [-0.39, 0.29) is 18.6 Å². The molecular weight excluding hydrogens is 345 g/mol. The lowest BCUT2D eigenvalue weighted by Gasteiger charge is -2.11. The fourth-order valence-electron chi connectivity index (χ4n) is 2.58. The van der Waals surface area contributed by atoms with Gasteiger partial charge >= 0.3 is 5.69 Å². The Labute approximate surface area is 146 Å². The number of hydrogen-bond acceptors (Lipinski definition) is 4. The van der Waals surface area contributed by atoms with E-state index in [1.165, 1.54) is 22.0 Å². The number of nitrogens with one attached hydrogen (secondary N) is 1. The van der Waals surface area contributed by atoms with Gasteiger partial charge in [0.1, 0.15) is 17.1 Å². The summed E-state index contributed by atoms with van der Waals surface area (Å²) in [7, 11) is 0. The molecule has 1 N–H and O–H groups in total. The molecule has 0 radical (unpaired) electrons. The van der Waals surface area contributed by atoms with Crippen molar-refractivity contribution in [2.45, 2.75) is 26.9 Å². The Morgan fingerprint density at radius 2 is 2.00 bits per heavy atom.